The average molecular weight is 393 g/mol. The van der Waals surface area contributed by atoms with E-state index >= 15 is 0 Å². The molecule has 0 aliphatic rings. The van der Waals surface area contributed by atoms with E-state index in [1.807, 2.05) is 0 Å². The number of sulfonamides is 2. The van der Waals surface area contributed by atoms with Gasteiger partial charge in [0.1, 0.15) is 5.69 Å². The van der Waals surface area contributed by atoms with Gasteiger partial charge in [0, 0.05) is 18.1 Å². The minimum atomic E-state index is -3.79. The van der Waals surface area contributed by atoms with E-state index in [0.717, 1.165) is 0 Å². The van der Waals surface area contributed by atoms with Gasteiger partial charge in [-0.3, -0.25) is 0 Å². The number of aryl methyl sites for hydroxylation is 1. The topological polar surface area (TPSA) is 146 Å². The Morgan fingerprint density at radius 1 is 0.769 bits per heavy atom. The largest absolute Gasteiger partial charge is 0.440 e. The van der Waals surface area contributed by atoms with Crippen molar-refractivity contribution in [2.75, 3.05) is 0 Å². The highest BCUT2D eigenvalue weighted by Crippen LogP contribution is 2.33. The Kier molecular flexibility index (Phi) is 4.44. The molecule has 0 bridgehead atoms. The predicted molar refractivity (Wildman–Crippen MR) is 94.9 cm³/mol. The van der Waals surface area contributed by atoms with E-state index in [1.165, 1.54) is 24.3 Å². The fourth-order valence-electron chi connectivity index (χ4n) is 2.42. The second kappa shape index (κ2) is 6.32. The van der Waals surface area contributed by atoms with Gasteiger partial charge in [-0.2, -0.15) is 0 Å². The molecule has 0 aliphatic carbocycles. The molecule has 10 heteroatoms. The first-order valence-electron chi connectivity index (χ1n) is 7.29. The van der Waals surface area contributed by atoms with E-state index in [2.05, 4.69) is 4.98 Å². The highest BCUT2D eigenvalue weighted by Gasteiger charge is 2.17. The maximum absolute atomic E-state index is 11.4. The van der Waals surface area contributed by atoms with Crippen LogP contribution < -0.4 is 10.3 Å². The Hall–Kier alpha value is -2.53. The molecule has 4 N–H and O–H groups in total. The van der Waals surface area contributed by atoms with Crippen LogP contribution in [0.25, 0.3) is 22.6 Å². The van der Waals surface area contributed by atoms with Crippen LogP contribution in [0.3, 0.4) is 0 Å². The van der Waals surface area contributed by atoms with Crippen molar-refractivity contribution in [3.05, 3.63) is 54.4 Å². The summed E-state index contributed by atoms with van der Waals surface area (Å²) in [5.74, 6) is 0.827. The number of aromatic nitrogens is 1. The van der Waals surface area contributed by atoms with Crippen LogP contribution in [0.4, 0.5) is 0 Å². The van der Waals surface area contributed by atoms with E-state index < -0.39 is 20.0 Å². The third kappa shape index (κ3) is 3.68. The van der Waals surface area contributed by atoms with Gasteiger partial charge in [0.25, 0.3) is 0 Å². The molecule has 1 aromatic heterocycles. The average Bonchev–Trinajstić information content (AvgIpc) is 2.95. The Bertz CT molecular complexity index is 1070. The molecule has 0 fully saturated rings. The molecule has 0 saturated carbocycles. The first kappa shape index (κ1) is 18.3. The number of oxazole rings is 1. The predicted octanol–water partition coefficient (Wildman–Crippen LogP) is 1.61. The lowest BCUT2D eigenvalue weighted by Crippen LogP contribution is -2.11. The number of rotatable bonds is 4. The molecule has 0 radical (unpaired) electrons. The monoisotopic (exact) mass is 393 g/mol. The van der Waals surface area contributed by atoms with Crippen molar-refractivity contribution in [1.29, 1.82) is 0 Å². The summed E-state index contributed by atoms with van der Waals surface area (Å²) < 4.78 is 51.1. The molecule has 0 aliphatic heterocycles. The molecular formula is C16H15N3O5S2. The summed E-state index contributed by atoms with van der Waals surface area (Å²) in [4.78, 5) is 4.30. The summed E-state index contributed by atoms with van der Waals surface area (Å²) >= 11 is 0. The number of benzene rings is 2. The standard InChI is InChI=1S/C16H15N3O5S2/c1-10-19-15(11-2-6-13(7-3-11)25(17,20)21)16(24-10)12-4-8-14(9-5-12)26(18,22)23/h2-9H,1H3,(H2,17,20,21)(H2,18,22,23). The van der Waals surface area contributed by atoms with E-state index in [0.29, 0.717) is 28.5 Å². The van der Waals surface area contributed by atoms with Crippen molar-refractivity contribution in [2.45, 2.75) is 16.7 Å². The molecule has 8 nitrogen and oxygen atoms in total. The molecule has 3 rings (SSSR count). The van der Waals surface area contributed by atoms with Gasteiger partial charge >= 0.3 is 0 Å². The number of nitrogens with zero attached hydrogens (tertiary/aromatic N) is 1. The van der Waals surface area contributed by atoms with Crippen molar-refractivity contribution in [2.24, 2.45) is 10.3 Å². The molecule has 136 valence electrons. The van der Waals surface area contributed by atoms with Crippen LogP contribution in [0.1, 0.15) is 5.89 Å². The number of hydrogen-bond donors (Lipinski definition) is 2. The highest BCUT2D eigenvalue weighted by atomic mass is 32.2. The van der Waals surface area contributed by atoms with Crippen LogP contribution in [0.2, 0.25) is 0 Å². The molecule has 0 amide bonds. The van der Waals surface area contributed by atoms with E-state index in [-0.39, 0.29) is 9.79 Å². The zero-order valence-electron chi connectivity index (χ0n) is 13.6. The molecule has 3 aromatic rings. The van der Waals surface area contributed by atoms with Gasteiger partial charge in [0.15, 0.2) is 11.7 Å². The maximum Gasteiger partial charge on any atom is 0.238 e. The van der Waals surface area contributed by atoms with E-state index in [9.17, 15) is 16.8 Å². The lowest BCUT2D eigenvalue weighted by Gasteiger charge is -2.04. The number of nitrogens with two attached hydrogens (primary N) is 2. The van der Waals surface area contributed by atoms with Crippen molar-refractivity contribution < 1.29 is 21.3 Å². The van der Waals surface area contributed by atoms with Gasteiger partial charge in [0.2, 0.25) is 20.0 Å². The lowest BCUT2D eigenvalue weighted by molar-refractivity contribution is 0.534. The molecule has 0 atom stereocenters. The maximum atomic E-state index is 11.4. The van der Waals surface area contributed by atoms with Gasteiger partial charge in [-0.05, 0) is 36.4 Å². The molecule has 26 heavy (non-hydrogen) atoms. The lowest BCUT2D eigenvalue weighted by atomic mass is 10.1. The Balaban J connectivity index is 2.06. The van der Waals surface area contributed by atoms with Gasteiger partial charge in [-0.25, -0.2) is 32.1 Å². The molecular weight excluding hydrogens is 378 g/mol. The van der Waals surface area contributed by atoms with Crippen LogP contribution in [-0.2, 0) is 20.0 Å². The molecule has 0 unspecified atom stereocenters. The number of primary sulfonamides is 2. The van der Waals surface area contributed by atoms with Gasteiger partial charge in [-0.15, -0.1) is 0 Å². The Morgan fingerprint density at radius 3 is 1.62 bits per heavy atom. The van der Waals surface area contributed by atoms with Crippen LogP contribution in [0, 0.1) is 6.92 Å². The van der Waals surface area contributed by atoms with Gasteiger partial charge in [0.05, 0.1) is 9.79 Å². The van der Waals surface area contributed by atoms with Crippen molar-refractivity contribution in [3.63, 3.8) is 0 Å². The van der Waals surface area contributed by atoms with E-state index in [4.69, 9.17) is 14.7 Å². The molecule has 1 heterocycles. The van der Waals surface area contributed by atoms with Crippen molar-refractivity contribution >= 4 is 20.0 Å². The zero-order valence-corrected chi connectivity index (χ0v) is 15.2. The highest BCUT2D eigenvalue weighted by molar-refractivity contribution is 7.89. The summed E-state index contributed by atoms with van der Waals surface area (Å²) in [6, 6.07) is 11.8. The van der Waals surface area contributed by atoms with Gasteiger partial charge < -0.3 is 4.42 Å². The SMILES string of the molecule is Cc1nc(-c2ccc(S(N)(=O)=O)cc2)c(-c2ccc(S(N)(=O)=O)cc2)o1. The summed E-state index contributed by atoms with van der Waals surface area (Å²) in [6.07, 6.45) is 0. The quantitative estimate of drug-likeness (QED) is 0.688. The minimum Gasteiger partial charge on any atom is -0.440 e. The van der Waals surface area contributed by atoms with E-state index in [1.54, 1.807) is 31.2 Å². The first-order chi connectivity index (χ1) is 12.1. The van der Waals surface area contributed by atoms with Crippen LogP contribution in [-0.4, -0.2) is 21.8 Å². The fraction of sp³-hybridized carbons (Fsp3) is 0.0625. The fourth-order valence-corrected chi connectivity index (χ4v) is 3.45. The first-order valence-corrected chi connectivity index (χ1v) is 10.4. The Labute approximate surface area is 150 Å². The van der Waals surface area contributed by atoms with Crippen LogP contribution in [0.15, 0.2) is 62.7 Å². The normalized spacial score (nSPS) is 12.3. The summed E-state index contributed by atoms with van der Waals surface area (Å²) in [5.41, 5.74) is 1.72. The van der Waals surface area contributed by atoms with Gasteiger partial charge in [-0.1, -0.05) is 12.1 Å². The zero-order chi connectivity index (χ0) is 19.1. The third-order valence-corrected chi connectivity index (χ3v) is 5.49. The summed E-state index contributed by atoms with van der Waals surface area (Å²) in [5, 5.41) is 10.2. The molecule has 2 aromatic carbocycles. The summed E-state index contributed by atoms with van der Waals surface area (Å²) in [7, 11) is -7.58. The smallest absolute Gasteiger partial charge is 0.238 e. The molecule has 0 spiro atoms. The van der Waals surface area contributed by atoms with Crippen LogP contribution in [0.5, 0.6) is 0 Å². The number of hydrogen-bond acceptors (Lipinski definition) is 6. The van der Waals surface area contributed by atoms with Crippen LogP contribution >= 0.6 is 0 Å². The molecule has 0 saturated heterocycles. The summed E-state index contributed by atoms with van der Waals surface area (Å²) in [6.45, 7) is 1.67. The third-order valence-electron chi connectivity index (χ3n) is 3.64. The second-order valence-electron chi connectivity index (χ2n) is 5.55. The van der Waals surface area contributed by atoms with Crippen molar-refractivity contribution in [1.82, 2.24) is 4.98 Å². The minimum absolute atomic E-state index is 0.0134. The van der Waals surface area contributed by atoms with Crippen molar-refractivity contribution in [3.8, 4) is 22.6 Å². The Morgan fingerprint density at radius 2 is 1.19 bits per heavy atom. The second-order valence-corrected chi connectivity index (χ2v) is 8.67.